The van der Waals surface area contributed by atoms with Crippen molar-refractivity contribution in [1.82, 2.24) is 20.9 Å². The van der Waals surface area contributed by atoms with Crippen LogP contribution in [-0.4, -0.2) is 86.5 Å². The fourth-order valence-corrected chi connectivity index (χ4v) is 3.90. The van der Waals surface area contributed by atoms with E-state index in [4.69, 9.17) is 10.8 Å². The number of carbonyl (C=O) groups is 4. The second-order valence-corrected chi connectivity index (χ2v) is 8.93. The number of benzene rings is 2. The Morgan fingerprint density at radius 1 is 0.795 bits per heavy atom. The predicted octanol–water partition coefficient (Wildman–Crippen LogP) is -1.49. The molecule has 1 aromatic heterocycles. The average Bonchev–Trinajstić information content (AvgIpc) is 3.33. The number of aromatic amines is 1. The topological polar surface area (TPSA) is 227 Å². The number of phenolic OH excluding ortho intramolecular Hbond substituents is 1. The number of phenols is 1. The van der Waals surface area contributed by atoms with E-state index in [2.05, 4.69) is 20.9 Å². The number of para-hydroxylation sites is 1. The number of hydrogen-bond acceptors (Lipinski definition) is 8. The SMILES string of the molecule is NC(CO)C(=O)NC(CO)C(=O)NC(Cc1ccc(O)cc1)C(=O)NC(Cc1c[nH]c2ccccc12)C(=O)O. The summed E-state index contributed by atoms with van der Waals surface area (Å²) in [5.41, 5.74) is 7.44. The fraction of sp³-hybridized carbons (Fsp3) is 0.308. The number of nitrogens with two attached hydrogens (primary N) is 1. The summed E-state index contributed by atoms with van der Waals surface area (Å²) in [6, 6.07) is 7.62. The molecule has 0 radical (unpaired) electrons. The number of aromatic nitrogens is 1. The Labute approximate surface area is 223 Å². The standard InChI is InChI=1S/C26H31N5O8/c27-18(12-32)23(35)31-22(13-33)25(37)29-20(9-14-5-7-16(34)8-6-14)24(36)30-21(26(38)39)10-15-11-28-19-4-2-1-3-17(15)19/h1-8,11,18,20-22,28,32-34H,9-10,12-13,27H2,(H,29,37)(H,30,36)(H,31,35)(H,38,39). The number of carbonyl (C=O) groups excluding carboxylic acids is 3. The van der Waals surface area contributed by atoms with E-state index in [-0.39, 0.29) is 18.6 Å². The van der Waals surface area contributed by atoms with E-state index in [1.807, 2.05) is 18.2 Å². The molecule has 0 aliphatic heterocycles. The molecule has 208 valence electrons. The van der Waals surface area contributed by atoms with Gasteiger partial charge in [-0.2, -0.15) is 0 Å². The second-order valence-electron chi connectivity index (χ2n) is 8.93. The first-order chi connectivity index (χ1) is 18.6. The van der Waals surface area contributed by atoms with Gasteiger partial charge in [0.25, 0.3) is 0 Å². The van der Waals surface area contributed by atoms with Crippen LogP contribution in [0, 0.1) is 0 Å². The van der Waals surface area contributed by atoms with Crippen LogP contribution in [0.1, 0.15) is 11.1 Å². The zero-order valence-electron chi connectivity index (χ0n) is 20.8. The summed E-state index contributed by atoms with van der Waals surface area (Å²) in [4.78, 5) is 53.3. The van der Waals surface area contributed by atoms with Gasteiger partial charge in [0.1, 0.15) is 29.9 Å². The summed E-state index contributed by atoms with van der Waals surface area (Å²) in [5.74, 6) is -3.95. The number of aliphatic hydroxyl groups excluding tert-OH is 2. The molecule has 0 bridgehead atoms. The molecule has 3 rings (SSSR count). The summed E-state index contributed by atoms with van der Waals surface area (Å²) in [7, 11) is 0. The minimum atomic E-state index is -1.49. The Kier molecular flexibility index (Phi) is 9.98. The van der Waals surface area contributed by atoms with E-state index in [1.54, 1.807) is 12.3 Å². The van der Waals surface area contributed by atoms with Gasteiger partial charge in [-0.25, -0.2) is 4.79 Å². The number of nitrogens with one attached hydrogen (secondary N) is 4. The molecule has 39 heavy (non-hydrogen) atoms. The Bertz CT molecular complexity index is 1310. The Morgan fingerprint density at radius 3 is 2.05 bits per heavy atom. The van der Waals surface area contributed by atoms with Crippen molar-refractivity contribution in [3.8, 4) is 5.75 Å². The molecular weight excluding hydrogens is 510 g/mol. The van der Waals surface area contributed by atoms with Crippen LogP contribution in [0.5, 0.6) is 5.75 Å². The van der Waals surface area contributed by atoms with Crippen molar-refractivity contribution in [2.24, 2.45) is 5.73 Å². The van der Waals surface area contributed by atoms with E-state index < -0.39 is 61.1 Å². The van der Waals surface area contributed by atoms with Crippen molar-refractivity contribution in [3.63, 3.8) is 0 Å². The lowest BCUT2D eigenvalue weighted by Crippen LogP contribution is -2.59. The van der Waals surface area contributed by atoms with Gasteiger partial charge in [-0.1, -0.05) is 30.3 Å². The van der Waals surface area contributed by atoms with Crippen molar-refractivity contribution in [1.29, 1.82) is 0 Å². The van der Waals surface area contributed by atoms with Gasteiger partial charge in [0.05, 0.1) is 13.2 Å². The van der Waals surface area contributed by atoms with Gasteiger partial charge in [-0.05, 0) is 29.3 Å². The molecular formula is C26H31N5O8. The summed E-state index contributed by atoms with van der Waals surface area (Å²) in [6.45, 7) is -1.52. The highest BCUT2D eigenvalue weighted by atomic mass is 16.4. The highest BCUT2D eigenvalue weighted by Gasteiger charge is 2.30. The lowest BCUT2D eigenvalue weighted by atomic mass is 10.0. The van der Waals surface area contributed by atoms with Crippen LogP contribution >= 0.6 is 0 Å². The first-order valence-corrected chi connectivity index (χ1v) is 12.1. The van der Waals surface area contributed by atoms with Crippen molar-refractivity contribution >= 4 is 34.6 Å². The maximum atomic E-state index is 13.3. The predicted molar refractivity (Wildman–Crippen MR) is 139 cm³/mol. The number of aliphatic carboxylic acids is 1. The van der Waals surface area contributed by atoms with Crippen molar-refractivity contribution in [2.45, 2.75) is 37.0 Å². The molecule has 13 nitrogen and oxygen atoms in total. The summed E-state index contributed by atoms with van der Waals surface area (Å²) in [6.07, 6.45) is 1.52. The molecule has 2 aromatic carbocycles. The Balaban J connectivity index is 1.80. The quantitative estimate of drug-likeness (QED) is 0.123. The van der Waals surface area contributed by atoms with E-state index >= 15 is 0 Å². The number of aromatic hydroxyl groups is 1. The summed E-state index contributed by atoms with van der Waals surface area (Å²) < 4.78 is 0. The van der Waals surface area contributed by atoms with Crippen LogP contribution in [0.15, 0.2) is 54.7 Å². The molecule has 4 atom stereocenters. The molecule has 0 aliphatic carbocycles. The van der Waals surface area contributed by atoms with Gasteiger partial charge in [0.15, 0.2) is 0 Å². The molecule has 1 heterocycles. The largest absolute Gasteiger partial charge is 0.508 e. The molecule has 13 heteroatoms. The lowest BCUT2D eigenvalue weighted by molar-refractivity contribution is -0.142. The maximum absolute atomic E-state index is 13.3. The van der Waals surface area contributed by atoms with Gasteiger partial charge in [0.2, 0.25) is 17.7 Å². The zero-order chi connectivity index (χ0) is 28.5. The number of rotatable bonds is 13. The van der Waals surface area contributed by atoms with Gasteiger partial charge >= 0.3 is 5.97 Å². The Hall–Kier alpha value is -4.46. The molecule has 0 fully saturated rings. The number of carboxylic acid groups (broad SMARTS) is 1. The zero-order valence-corrected chi connectivity index (χ0v) is 20.8. The number of carboxylic acids is 1. The number of H-pyrrole nitrogens is 1. The molecule has 10 N–H and O–H groups in total. The first kappa shape index (κ1) is 29.1. The third-order valence-corrected chi connectivity index (χ3v) is 6.07. The average molecular weight is 542 g/mol. The van der Waals surface area contributed by atoms with Gasteiger partial charge < -0.3 is 47.1 Å². The highest BCUT2D eigenvalue weighted by molar-refractivity contribution is 5.94. The van der Waals surface area contributed by atoms with Crippen molar-refractivity contribution < 1.29 is 39.6 Å². The molecule has 4 unspecified atom stereocenters. The molecule has 0 aliphatic rings. The summed E-state index contributed by atoms with van der Waals surface area (Å²) in [5, 5.41) is 46.0. The maximum Gasteiger partial charge on any atom is 0.326 e. The van der Waals surface area contributed by atoms with E-state index in [0.717, 1.165) is 10.9 Å². The number of fused-ring (bicyclic) bond motifs is 1. The minimum Gasteiger partial charge on any atom is -0.508 e. The van der Waals surface area contributed by atoms with Gasteiger partial charge in [-0.15, -0.1) is 0 Å². The van der Waals surface area contributed by atoms with Gasteiger partial charge in [-0.3, -0.25) is 14.4 Å². The number of aliphatic hydroxyl groups is 2. The van der Waals surface area contributed by atoms with Crippen molar-refractivity contribution in [3.05, 3.63) is 65.9 Å². The van der Waals surface area contributed by atoms with E-state index in [9.17, 15) is 34.5 Å². The normalized spacial score (nSPS) is 14.1. The number of hydrogen-bond donors (Lipinski definition) is 9. The molecule has 3 amide bonds. The molecule has 0 spiro atoms. The van der Waals surface area contributed by atoms with E-state index in [1.165, 1.54) is 24.3 Å². The smallest absolute Gasteiger partial charge is 0.326 e. The van der Waals surface area contributed by atoms with Gasteiger partial charge in [0, 0.05) is 29.9 Å². The fourth-order valence-electron chi connectivity index (χ4n) is 3.90. The third-order valence-electron chi connectivity index (χ3n) is 6.07. The Morgan fingerprint density at radius 2 is 1.41 bits per heavy atom. The monoisotopic (exact) mass is 541 g/mol. The molecule has 0 saturated carbocycles. The van der Waals surface area contributed by atoms with Crippen LogP contribution in [0.4, 0.5) is 0 Å². The highest BCUT2D eigenvalue weighted by Crippen LogP contribution is 2.19. The van der Waals surface area contributed by atoms with Crippen LogP contribution in [0.25, 0.3) is 10.9 Å². The molecule has 3 aromatic rings. The van der Waals surface area contributed by atoms with E-state index in [0.29, 0.717) is 11.1 Å². The van der Waals surface area contributed by atoms with Crippen molar-refractivity contribution in [2.75, 3.05) is 13.2 Å². The summed E-state index contributed by atoms with van der Waals surface area (Å²) >= 11 is 0. The van der Waals surface area contributed by atoms with Crippen LogP contribution in [0.2, 0.25) is 0 Å². The number of amides is 3. The lowest BCUT2D eigenvalue weighted by Gasteiger charge is -2.24. The second kappa shape index (κ2) is 13.4. The third kappa shape index (κ3) is 7.77. The van der Waals surface area contributed by atoms with Crippen LogP contribution in [0.3, 0.4) is 0 Å². The minimum absolute atomic E-state index is 0.0169. The van der Waals surface area contributed by atoms with Crippen LogP contribution < -0.4 is 21.7 Å². The first-order valence-electron chi connectivity index (χ1n) is 12.1. The molecule has 0 saturated heterocycles. The van der Waals surface area contributed by atoms with Crippen LogP contribution in [-0.2, 0) is 32.0 Å².